The first-order valence-electron chi connectivity index (χ1n) is 5.03. The van der Waals surface area contributed by atoms with Crippen LogP contribution in [0, 0.1) is 0 Å². The highest BCUT2D eigenvalue weighted by molar-refractivity contribution is 9.10. The quantitative estimate of drug-likeness (QED) is 0.856. The molecule has 1 aromatic carbocycles. The molecule has 0 amide bonds. The Hall–Kier alpha value is -1.29. The van der Waals surface area contributed by atoms with E-state index in [1.54, 1.807) is 6.20 Å². The minimum Gasteiger partial charge on any atom is -0.491 e. The van der Waals surface area contributed by atoms with Crippen LogP contribution in [0.4, 0.5) is 0 Å². The summed E-state index contributed by atoms with van der Waals surface area (Å²) in [4.78, 5) is 4.48. The van der Waals surface area contributed by atoms with E-state index in [9.17, 15) is 0 Å². The number of nitrogens with zero attached hydrogens (tertiary/aromatic N) is 1. The van der Waals surface area contributed by atoms with Crippen molar-refractivity contribution in [1.82, 2.24) is 4.98 Å². The monoisotopic (exact) mass is 281 g/mol. The van der Waals surface area contributed by atoms with Crippen LogP contribution < -0.4 is 4.74 Å². The molecule has 2 aromatic rings. The zero-order valence-corrected chi connectivity index (χ0v) is 10.7. The van der Waals surface area contributed by atoms with Crippen LogP contribution in [0.25, 0.3) is 11.3 Å². The molecule has 0 saturated carbocycles. The number of rotatable bonds is 3. The van der Waals surface area contributed by atoms with Crippen LogP contribution in [0.2, 0.25) is 0 Å². The average molecular weight is 282 g/mol. The Morgan fingerprint density at radius 1 is 1.38 bits per heavy atom. The molecule has 0 unspecified atom stereocenters. The van der Waals surface area contributed by atoms with Crippen molar-refractivity contribution in [3.63, 3.8) is 0 Å². The van der Waals surface area contributed by atoms with Crippen molar-refractivity contribution in [1.29, 1.82) is 0 Å². The van der Waals surface area contributed by atoms with Crippen LogP contribution in [0.15, 0.2) is 39.7 Å². The second-order valence-corrected chi connectivity index (χ2v) is 4.35. The summed E-state index contributed by atoms with van der Waals surface area (Å²) in [5, 5.41) is 0. The molecular weight excluding hydrogens is 270 g/mol. The summed E-state index contributed by atoms with van der Waals surface area (Å²) in [6.45, 7) is 4.00. The smallest absolute Gasteiger partial charge is 0.264 e. The Morgan fingerprint density at radius 3 is 2.81 bits per heavy atom. The maximum atomic E-state index is 5.61. The van der Waals surface area contributed by atoms with Crippen molar-refractivity contribution in [2.45, 2.75) is 20.0 Å². The van der Waals surface area contributed by atoms with Gasteiger partial charge in [-0.25, -0.2) is 4.98 Å². The molecule has 3 nitrogen and oxygen atoms in total. The van der Waals surface area contributed by atoms with Gasteiger partial charge in [-0.1, -0.05) is 12.1 Å². The molecular formula is C12H12BrNO2. The zero-order valence-electron chi connectivity index (χ0n) is 9.11. The van der Waals surface area contributed by atoms with Gasteiger partial charge in [0.05, 0.1) is 12.3 Å². The molecule has 0 spiro atoms. The second kappa shape index (κ2) is 4.70. The van der Waals surface area contributed by atoms with Gasteiger partial charge in [0.1, 0.15) is 5.75 Å². The molecule has 0 aliphatic rings. The molecule has 0 bridgehead atoms. The largest absolute Gasteiger partial charge is 0.491 e. The van der Waals surface area contributed by atoms with Gasteiger partial charge in [-0.2, -0.15) is 0 Å². The van der Waals surface area contributed by atoms with Crippen LogP contribution in [0.1, 0.15) is 13.8 Å². The number of halogens is 1. The third-order valence-electron chi connectivity index (χ3n) is 1.97. The van der Waals surface area contributed by atoms with E-state index in [4.69, 9.17) is 9.15 Å². The van der Waals surface area contributed by atoms with Crippen LogP contribution in [0.3, 0.4) is 0 Å². The third-order valence-corrected chi connectivity index (χ3v) is 2.33. The topological polar surface area (TPSA) is 35.3 Å². The first kappa shape index (κ1) is 11.2. The molecule has 0 N–H and O–H groups in total. The molecule has 0 aliphatic heterocycles. The fraction of sp³-hybridized carbons (Fsp3) is 0.250. The van der Waals surface area contributed by atoms with Crippen molar-refractivity contribution in [3.8, 4) is 17.1 Å². The second-order valence-electron chi connectivity index (χ2n) is 3.67. The molecule has 2 rings (SSSR count). The summed E-state index contributed by atoms with van der Waals surface area (Å²) in [5.41, 5.74) is 0.955. The van der Waals surface area contributed by atoms with Crippen LogP contribution in [-0.2, 0) is 0 Å². The summed E-state index contributed by atoms with van der Waals surface area (Å²) in [5.74, 6) is 1.56. The summed E-state index contributed by atoms with van der Waals surface area (Å²) in [6, 6.07) is 7.76. The summed E-state index contributed by atoms with van der Waals surface area (Å²) in [6.07, 6.45) is 1.84. The third kappa shape index (κ3) is 2.64. The van der Waals surface area contributed by atoms with E-state index in [2.05, 4.69) is 20.9 Å². The first-order chi connectivity index (χ1) is 7.65. The maximum absolute atomic E-state index is 5.61. The van der Waals surface area contributed by atoms with Crippen molar-refractivity contribution < 1.29 is 9.15 Å². The molecule has 0 fully saturated rings. The van der Waals surface area contributed by atoms with Crippen LogP contribution in [-0.4, -0.2) is 11.1 Å². The maximum Gasteiger partial charge on any atom is 0.264 e. The molecule has 4 heteroatoms. The SMILES string of the molecule is CC(C)Oc1cccc(-c2cnc(Br)o2)c1. The summed E-state index contributed by atoms with van der Waals surface area (Å²) < 4.78 is 11.0. The van der Waals surface area contributed by atoms with Crippen molar-refractivity contribution >= 4 is 15.9 Å². The number of hydrogen-bond donors (Lipinski definition) is 0. The highest BCUT2D eigenvalue weighted by Crippen LogP contribution is 2.26. The predicted octanol–water partition coefficient (Wildman–Crippen LogP) is 3.89. The Bertz CT molecular complexity index is 479. The van der Waals surface area contributed by atoms with Gasteiger partial charge in [0.2, 0.25) is 0 Å². The molecule has 0 radical (unpaired) electrons. The summed E-state index contributed by atoms with van der Waals surface area (Å²) in [7, 11) is 0. The Labute approximate surface area is 103 Å². The minimum absolute atomic E-state index is 0.164. The van der Waals surface area contributed by atoms with Gasteiger partial charge in [-0.15, -0.1) is 0 Å². The number of ether oxygens (including phenoxy) is 1. The predicted molar refractivity (Wildman–Crippen MR) is 65.4 cm³/mol. The minimum atomic E-state index is 0.164. The number of hydrogen-bond acceptors (Lipinski definition) is 3. The Kier molecular flexibility index (Phi) is 3.29. The van der Waals surface area contributed by atoms with Crippen LogP contribution in [0.5, 0.6) is 5.75 Å². The lowest BCUT2D eigenvalue weighted by Crippen LogP contribution is -2.05. The van der Waals surface area contributed by atoms with E-state index >= 15 is 0 Å². The normalized spacial score (nSPS) is 10.8. The molecule has 1 aromatic heterocycles. The molecule has 16 heavy (non-hydrogen) atoms. The first-order valence-corrected chi connectivity index (χ1v) is 5.83. The number of benzene rings is 1. The highest BCUT2D eigenvalue weighted by Gasteiger charge is 2.06. The van der Waals surface area contributed by atoms with Crippen molar-refractivity contribution in [3.05, 3.63) is 35.3 Å². The van der Waals surface area contributed by atoms with Crippen molar-refractivity contribution in [2.24, 2.45) is 0 Å². The van der Waals surface area contributed by atoms with E-state index in [1.165, 1.54) is 0 Å². The Morgan fingerprint density at radius 2 is 2.19 bits per heavy atom. The van der Waals surface area contributed by atoms with Gasteiger partial charge >= 0.3 is 0 Å². The molecule has 0 atom stereocenters. The van der Waals surface area contributed by atoms with E-state index in [-0.39, 0.29) is 6.10 Å². The zero-order chi connectivity index (χ0) is 11.5. The fourth-order valence-corrected chi connectivity index (χ4v) is 1.66. The van der Waals surface area contributed by atoms with Gasteiger partial charge in [0, 0.05) is 21.5 Å². The number of aromatic nitrogens is 1. The highest BCUT2D eigenvalue weighted by atomic mass is 79.9. The van der Waals surface area contributed by atoms with Gasteiger partial charge in [0.25, 0.3) is 4.80 Å². The number of oxazole rings is 1. The average Bonchev–Trinajstić information content (AvgIpc) is 2.64. The summed E-state index contributed by atoms with van der Waals surface area (Å²) >= 11 is 3.18. The lowest BCUT2D eigenvalue weighted by Gasteiger charge is -2.09. The Balaban J connectivity index is 2.28. The lowest BCUT2D eigenvalue weighted by molar-refractivity contribution is 0.242. The standard InChI is InChI=1S/C12H12BrNO2/c1-8(2)15-10-5-3-4-9(6-10)11-7-14-12(13)16-11/h3-8H,1-2H3. The fourth-order valence-electron chi connectivity index (χ4n) is 1.38. The van der Waals surface area contributed by atoms with E-state index in [0.29, 0.717) is 4.80 Å². The lowest BCUT2D eigenvalue weighted by atomic mass is 10.2. The molecule has 1 heterocycles. The van der Waals surface area contributed by atoms with E-state index in [0.717, 1.165) is 17.1 Å². The van der Waals surface area contributed by atoms with Gasteiger partial charge in [-0.3, -0.25) is 0 Å². The van der Waals surface area contributed by atoms with E-state index < -0.39 is 0 Å². The molecule has 0 aliphatic carbocycles. The van der Waals surface area contributed by atoms with Crippen molar-refractivity contribution in [2.75, 3.05) is 0 Å². The van der Waals surface area contributed by atoms with Gasteiger partial charge in [-0.05, 0) is 26.0 Å². The van der Waals surface area contributed by atoms with Gasteiger partial charge in [0.15, 0.2) is 5.76 Å². The molecule has 84 valence electrons. The molecule has 0 saturated heterocycles. The van der Waals surface area contributed by atoms with Gasteiger partial charge < -0.3 is 9.15 Å². The van der Waals surface area contributed by atoms with Crippen LogP contribution >= 0.6 is 15.9 Å². The van der Waals surface area contributed by atoms with E-state index in [1.807, 2.05) is 38.1 Å².